The van der Waals surface area contributed by atoms with Crippen LogP contribution in [-0.4, -0.2) is 9.78 Å². The van der Waals surface area contributed by atoms with Crippen LogP contribution in [0.25, 0.3) is 5.69 Å². The predicted octanol–water partition coefficient (Wildman–Crippen LogP) is 4.00. The summed E-state index contributed by atoms with van der Waals surface area (Å²) in [6, 6.07) is 20.0. The summed E-state index contributed by atoms with van der Waals surface area (Å²) in [7, 11) is 0. The largest absolute Gasteiger partial charge is 0.422 e. The van der Waals surface area contributed by atoms with Gasteiger partial charge in [-0.15, -0.1) is 0 Å². The van der Waals surface area contributed by atoms with Crippen LogP contribution in [0.15, 0.2) is 66.1 Å². The van der Waals surface area contributed by atoms with Crippen LogP contribution in [0.1, 0.15) is 22.7 Å². The zero-order valence-corrected chi connectivity index (χ0v) is 16.1. The monoisotopic (exact) mass is 454 g/mol. The van der Waals surface area contributed by atoms with Crippen molar-refractivity contribution in [1.29, 1.82) is 5.26 Å². The molecule has 0 amide bonds. The fraction of sp³-hybridized carbons (Fsp3) is 0.100. The van der Waals surface area contributed by atoms with Gasteiger partial charge < -0.3 is 10.5 Å². The Bertz CT molecular complexity index is 1060. The summed E-state index contributed by atoms with van der Waals surface area (Å²) < 4.78 is 8.69. The van der Waals surface area contributed by atoms with Crippen molar-refractivity contribution in [2.45, 2.75) is 12.8 Å². The van der Waals surface area contributed by atoms with E-state index >= 15 is 0 Å². The molecule has 0 spiro atoms. The minimum atomic E-state index is -0.295. The van der Waals surface area contributed by atoms with E-state index in [9.17, 15) is 5.26 Å². The van der Waals surface area contributed by atoms with E-state index in [1.165, 1.54) is 0 Å². The highest BCUT2D eigenvalue weighted by molar-refractivity contribution is 14.1. The van der Waals surface area contributed by atoms with E-state index in [0.717, 1.165) is 26.1 Å². The van der Waals surface area contributed by atoms with Crippen LogP contribution in [-0.2, 0) is 0 Å². The predicted molar refractivity (Wildman–Crippen MR) is 107 cm³/mol. The fourth-order valence-corrected chi connectivity index (χ4v) is 3.84. The first-order valence-corrected chi connectivity index (χ1v) is 9.16. The molecule has 6 heteroatoms. The number of hydrogen-bond acceptors (Lipinski definition) is 4. The molecular weight excluding hydrogens is 439 g/mol. The third-order valence-electron chi connectivity index (χ3n) is 4.42. The summed E-state index contributed by atoms with van der Waals surface area (Å²) in [6.45, 7) is 1.93. The molecule has 2 heterocycles. The van der Waals surface area contributed by atoms with Crippen LogP contribution < -0.4 is 10.5 Å². The lowest BCUT2D eigenvalue weighted by molar-refractivity contribution is 0.367. The number of para-hydroxylation sites is 1. The lowest BCUT2D eigenvalue weighted by atomic mass is 9.84. The molecule has 0 fully saturated rings. The van der Waals surface area contributed by atoms with Gasteiger partial charge in [0.1, 0.15) is 11.6 Å². The molecule has 1 atom stereocenters. The molecule has 5 nitrogen and oxygen atoms in total. The van der Waals surface area contributed by atoms with Crippen molar-refractivity contribution in [2.75, 3.05) is 0 Å². The maximum Gasteiger partial charge on any atom is 0.229 e. The maximum absolute atomic E-state index is 9.71. The SMILES string of the molecule is Cc1nn(-c2ccccc2)c2c1[C@@H](c1cccc(I)c1)C(C#N)=C(N)O2. The number of ether oxygens (including phenoxy) is 1. The zero-order valence-electron chi connectivity index (χ0n) is 14.0. The van der Waals surface area contributed by atoms with E-state index in [1.807, 2.05) is 55.5 Å². The van der Waals surface area contributed by atoms with Gasteiger partial charge in [-0.1, -0.05) is 30.3 Å². The molecule has 1 aliphatic heterocycles. The van der Waals surface area contributed by atoms with E-state index in [4.69, 9.17) is 10.5 Å². The highest BCUT2D eigenvalue weighted by Crippen LogP contribution is 2.44. The van der Waals surface area contributed by atoms with Gasteiger partial charge in [0.05, 0.1) is 22.9 Å². The van der Waals surface area contributed by atoms with Gasteiger partial charge in [-0.25, -0.2) is 4.68 Å². The summed E-state index contributed by atoms with van der Waals surface area (Å²) in [5.74, 6) is 0.394. The van der Waals surface area contributed by atoms with E-state index in [-0.39, 0.29) is 11.8 Å². The van der Waals surface area contributed by atoms with Crippen LogP contribution in [0.2, 0.25) is 0 Å². The summed E-state index contributed by atoms with van der Waals surface area (Å²) in [5.41, 5.74) is 10.1. The third-order valence-corrected chi connectivity index (χ3v) is 5.09. The van der Waals surface area contributed by atoms with Gasteiger partial charge in [0.25, 0.3) is 0 Å². The molecule has 0 saturated heterocycles. The highest BCUT2D eigenvalue weighted by Gasteiger charge is 2.36. The molecule has 0 aliphatic carbocycles. The van der Waals surface area contributed by atoms with Gasteiger partial charge in [0.2, 0.25) is 11.8 Å². The molecule has 2 aromatic carbocycles. The molecule has 26 heavy (non-hydrogen) atoms. The number of nitriles is 1. The number of benzene rings is 2. The molecule has 4 rings (SSSR count). The van der Waals surface area contributed by atoms with Crippen LogP contribution in [0.4, 0.5) is 0 Å². The standard InChI is InChI=1S/C20H15IN4O/c1-12-17-18(13-6-5-7-14(21)10-13)16(11-22)19(23)26-20(17)25(24-12)15-8-3-2-4-9-15/h2-10,18H,23H2,1H3/t18-/m0/s1. The van der Waals surface area contributed by atoms with E-state index in [2.05, 4.69) is 39.8 Å². The van der Waals surface area contributed by atoms with Crippen LogP contribution in [0.3, 0.4) is 0 Å². The lowest BCUT2D eigenvalue weighted by Gasteiger charge is -2.25. The van der Waals surface area contributed by atoms with Gasteiger partial charge in [0.15, 0.2) is 0 Å². The minimum absolute atomic E-state index is 0.126. The maximum atomic E-state index is 9.71. The number of hydrogen-bond donors (Lipinski definition) is 1. The smallest absolute Gasteiger partial charge is 0.229 e. The number of allylic oxidation sites excluding steroid dienone is 1. The van der Waals surface area contributed by atoms with Gasteiger partial charge in [0, 0.05) is 3.57 Å². The van der Waals surface area contributed by atoms with Crippen molar-refractivity contribution in [3.8, 4) is 17.6 Å². The molecule has 2 N–H and O–H groups in total. The molecule has 0 saturated carbocycles. The Morgan fingerprint density at radius 2 is 1.96 bits per heavy atom. The summed E-state index contributed by atoms with van der Waals surface area (Å²) in [5, 5.41) is 14.4. The van der Waals surface area contributed by atoms with Crippen LogP contribution >= 0.6 is 22.6 Å². The van der Waals surface area contributed by atoms with Crippen molar-refractivity contribution in [1.82, 2.24) is 9.78 Å². The van der Waals surface area contributed by atoms with Gasteiger partial charge in [-0.05, 0) is 59.3 Å². The van der Waals surface area contributed by atoms with Gasteiger partial charge >= 0.3 is 0 Å². The van der Waals surface area contributed by atoms with Crippen LogP contribution in [0.5, 0.6) is 5.88 Å². The Labute approximate surface area is 164 Å². The normalized spacial score (nSPS) is 16.0. The molecule has 1 aromatic heterocycles. The number of nitrogens with zero attached hydrogens (tertiary/aromatic N) is 3. The Balaban J connectivity index is 1.97. The van der Waals surface area contributed by atoms with Crippen molar-refractivity contribution < 1.29 is 4.74 Å². The van der Waals surface area contributed by atoms with Crippen LogP contribution in [0, 0.1) is 21.8 Å². The molecule has 3 aromatic rings. The van der Waals surface area contributed by atoms with Crippen molar-refractivity contribution in [2.24, 2.45) is 5.73 Å². The van der Waals surface area contributed by atoms with Gasteiger partial charge in [-0.2, -0.15) is 10.4 Å². The average molecular weight is 454 g/mol. The Hall–Kier alpha value is -2.79. The Morgan fingerprint density at radius 3 is 2.65 bits per heavy atom. The lowest BCUT2D eigenvalue weighted by Crippen LogP contribution is -2.22. The summed E-state index contributed by atoms with van der Waals surface area (Å²) >= 11 is 2.27. The second kappa shape index (κ2) is 6.50. The van der Waals surface area contributed by atoms with E-state index in [0.29, 0.717) is 11.5 Å². The van der Waals surface area contributed by atoms with Crippen molar-refractivity contribution in [3.05, 3.63) is 86.4 Å². The Kier molecular flexibility index (Phi) is 4.17. The number of fused-ring (bicyclic) bond motifs is 1. The molecule has 128 valence electrons. The second-order valence-electron chi connectivity index (χ2n) is 6.03. The molecule has 1 aliphatic rings. The number of aryl methyl sites for hydroxylation is 1. The Morgan fingerprint density at radius 1 is 1.19 bits per heavy atom. The molecule has 0 unspecified atom stereocenters. The highest BCUT2D eigenvalue weighted by atomic mass is 127. The fourth-order valence-electron chi connectivity index (χ4n) is 3.28. The number of rotatable bonds is 2. The zero-order chi connectivity index (χ0) is 18.3. The molecule has 0 radical (unpaired) electrons. The molecular formula is C20H15IN4O. The summed E-state index contributed by atoms with van der Waals surface area (Å²) in [4.78, 5) is 0. The quantitative estimate of drug-likeness (QED) is 0.594. The first-order chi connectivity index (χ1) is 12.6. The molecule has 0 bridgehead atoms. The number of halogens is 1. The summed E-state index contributed by atoms with van der Waals surface area (Å²) in [6.07, 6.45) is 0. The number of aromatic nitrogens is 2. The van der Waals surface area contributed by atoms with Crippen molar-refractivity contribution >= 4 is 22.6 Å². The van der Waals surface area contributed by atoms with E-state index in [1.54, 1.807) is 4.68 Å². The van der Waals surface area contributed by atoms with Crippen molar-refractivity contribution in [3.63, 3.8) is 0 Å². The first kappa shape index (κ1) is 16.7. The third kappa shape index (κ3) is 2.65. The topological polar surface area (TPSA) is 76.9 Å². The van der Waals surface area contributed by atoms with E-state index < -0.39 is 0 Å². The van der Waals surface area contributed by atoms with Gasteiger partial charge in [-0.3, -0.25) is 0 Å². The average Bonchev–Trinajstić information content (AvgIpc) is 2.97. The first-order valence-electron chi connectivity index (χ1n) is 8.08. The number of nitrogens with two attached hydrogens (primary N) is 1. The minimum Gasteiger partial charge on any atom is -0.422 e. The second-order valence-corrected chi connectivity index (χ2v) is 7.28.